The molecule has 0 unspecified atom stereocenters. The van der Waals surface area contributed by atoms with Crippen molar-refractivity contribution in [3.8, 4) is 0 Å². The minimum atomic E-state index is -3.97. The topological polar surface area (TPSA) is 128 Å². The van der Waals surface area contributed by atoms with Crippen LogP contribution in [0.3, 0.4) is 0 Å². The van der Waals surface area contributed by atoms with E-state index in [-0.39, 0.29) is 43.7 Å². The zero-order valence-corrected chi connectivity index (χ0v) is 20.3. The lowest BCUT2D eigenvalue weighted by atomic mass is 9.89. The lowest BCUT2D eigenvalue weighted by molar-refractivity contribution is 0.0971. The van der Waals surface area contributed by atoms with Crippen LogP contribution in [0, 0.1) is 0 Å². The first-order valence-corrected chi connectivity index (χ1v) is 14.1. The highest BCUT2D eigenvalue weighted by molar-refractivity contribution is 7.91. The summed E-state index contributed by atoms with van der Waals surface area (Å²) in [7, 11) is -7.94. The highest BCUT2D eigenvalue weighted by atomic mass is 32.2. The summed E-state index contributed by atoms with van der Waals surface area (Å²) in [5.41, 5.74) is -0.720. The molecule has 1 aromatic heterocycles. The monoisotopic (exact) mass is 518 g/mol. The molecule has 0 aliphatic heterocycles. The number of carbonyl (C=O) groups is 2. The molecule has 0 spiro atoms. The number of benzene rings is 3. The minimum Gasteiger partial charge on any atom is -0.287 e. The van der Waals surface area contributed by atoms with Crippen molar-refractivity contribution in [2.24, 2.45) is 0 Å². The van der Waals surface area contributed by atoms with E-state index in [2.05, 4.69) is 9.97 Å². The standard InChI is InChI=1S/C26H18N2O6S2/c29-25-19-13-7-8-14-20(19)26(30)24-23(25)27-21(15-35(31,32)17-9-3-1-4-10-17)22(28-24)16-36(33,34)18-11-5-2-6-12-18/h1-14H,15-16H2. The summed E-state index contributed by atoms with van der Waals surface area (Å²) in [6, 6.07) is 21.4. The molecule has 0 atom stereocenters. The van der Waals surface area contributed by atoms with Gasteiger partial charge < -0.3 is 0 Å². The Kier molecular flexibility index (Phi) is 5.85. The third-order valence-corrected chi connectivity index (χ3v) is 9.04. The van der Waals surface area contributed by atoms with Gasteiger partial charge in [-0.15, -0.1) is 0 Å². The molecule has 5 rings (SSSR count). The molecule has 1 aliphatic rings. The zero-order chi connectivity index (χ0) is 25.5. The lowest BCUT2D eigenvalue weighted by Crippen LogP contribution is -2.27. The fraction of sp³-hybridized carbons (Fsp3) is 0.0769. The Morgan fingerprint density at radius 2 is 0.833 bits per heavy atom. The second-order valence-electron chi connectivity index (χ2n) is 8.16. The summed E-state index contributed by atoms with van der Waals surface area (Å²) in [5.74, 6) is -2.55. The van der Waals surface area contributed by atoms with Gasteiger partial charge in [-0.3, -0.25) is 9.59 Å². The maximum atomic E-state index is 13.1. The minimum absolute atomic E-state index is 0.00846. The SMILES string of the molecule is O=C1c2ccccc2C(=O)c2nc(CS(=O)(=O)c3ccccc3)c(CS(=O)(=O)c3ccccc3)nc21. The Morgan fingerprint density at radius 3 is 1.19 bits per heavy atom. The van der Waals surface area contributed by atoms with E-state index in [1.54, 1.807) is 48.5 Å². The van der Waals surface area contributed by atoms with E-state index in [1.807, 2.05) is 0 Å². The van der Waals surface area contributed by atoms with Crippen LogP contribution in [0.15, 0.2) is 94.7 Å². The van der Waals surface area contributed by atoms with E-state index in [9.17, 15) is 26.4 Å². The first-order valence-electron chi connectivity index (χ1n) is 10.8. The van der Waals surface area contributed by atoms with E-state index >= 15 is 0 Å². The fourth-order valence-electron chi connectivity index (χ4n) is 3.97. The van der Waals surface area contributed by atoms with Gasteiger partial charge in [0, 0.05) is 11.1 Å². The predicted octanol–water partition coefficient (Wildman–Crippen LogP) is 3.20. The number of ketones is 2. The molecule has 3 aromatic carbocycles. The van der Waals surface area contributed by atoms with Gasteiger partial charge >= 0.3 is 0 Å². The van der Waals surface area contributed by atoms with Crippen molar-refractivity contribution in [1.29, 1.82) is 0 Å². The average molecular weight is 519 g/mol. The molecule has 0 fully saturated rings. The van der Waals surface area contributed by atoms with Gasteiger partial charge in [0.05, 0.1) is 32.7 Å². The second kappa shape index (κ2) is 8.89. The number of fused-ring (bicyclic) bond motifs is 2. The Labute approximate surface area is 207 Å². The van der Waals surface area contributed by atoms with E-state index in [1.165, 1.54) is 36.4 Å². The fourth-order valence-corrected chi connectivity index (χ4v) is 6.63. The molecular formula is C26H18N2O6S2. The molecule has 180 valence electrons. The van der Waals surface area contributed by atoms with Gasteiger partial charge in [-0.2, -0.15) is 0 Å². The van der Waals surface area contributed by atoms with Crippen molar-refractivity contribution in [1.82, 2.24) is 9.97 Å². The predicted molar refractivity (Wildman–Crippen MR) is 130 cm³/mol. The van der Waals surface area contributed by atoms with Gasteiger partial charge in [-0.05, 0) is 24.3 Å². The molecule has 0 saturated carbocycles. The number of hydrogen-bond donors (Lipinski definition) is 0. The largest absolute Gasteiger partial charge is 0.287 e. The van der Waals surface area contributed by atoms with E-state index in [0.29, 0.717) is 0 Å². The Balaban J connectivity index is 1.67. The zero-order valence-electron chi connectivity index (χ0n) is 18.7. The molecule has 0 radical (unpaired) electrons. The van der Waals surface area contributed by atoms with Gasteiger partial charge in [-0.1, -0.05) is 60.7 Å². The van der Waals surface area contributed by atoms with E-state index < -0.39 is 42.7 Å². The third-order valence-electron chi connectivity index (χ3n) is 5.76. The molecule has 0 N–H and O–H groups in total. The average Bonchev–Trinajstić information content (AvgIpc) is 2.89. The van der Waals surface area contributed by atoms with Crippen LogP contribution in [0.4, 0.5) is 0 Å². The molecule has 36 heavy (non-hydrogen) atoms. The van der Waals surface area contributed by atoms with Crippen molar-refractivity contribution in [2.75, 3.05) is 0 Å². The van der Waals surface area contributed by atoms with Gasteiger partial charge in [0.1, 0.15) is 11.4 Å². The van der Waals surface area contributed by atoms with Crippen LogP contribution < -0.4 is 0 Å². The van der Waals surface area contributed by atoms with Crippen LogP contribution >= 0.6 is 0 Å². The Hall–Kier alpha value is -4.02. The summed E-state index contributed by atoms with van der Waals surface area (Å²) in [4.78, 5) is 34.8. The third kappa shape index (κ3) is 4.25. The van der Waals surface area contributed by atoms with Gasteiger partial charge in [-0.25, -0.2) is 26.8 Å². The van der Waals surface area contributed by atoms with Crippen LogP contribution in [-0.4, -0.2) is 38.4 Å². The molecule has 0 saturated heterocycles. The molecule has 1 aliphatic carbocycles. The first kappa shape index (κ1) is 23.7. The van der Waals surface area contributed by atoms with Crippen LogP contribution in [0.25, 0.3) is 0 Å². The van der Waals surface area contributed by atoms with Crippen molar-refractivity contribution in [2.45, 2.75) is 21.3 Å². The smallest absolute Gasteiger partial charge is 0.214 e. The molecule has 0 amide bonds. The van der Waals surface area contributed by atoms with Crippen molar-refractivity contribution >= 4 is 31.2 Å². The normalized spacial score (nSPS) is 13.2. The molecule has 8 nitrogen and oxygen atoms in total. The van der Waals surface area contributed by atoms with Crippen LogP contribution in [0.1, 0.15) is 43.5 Å². The van der Waals surface area contributed by atoms with Gasteiger partial charge in [0.2, 0.25) is 11.6 Å². The highest BCUT2D eigenvalue weighted by Gasteiger charge is 2.35. The summed E-state index contributed by atoms with van der Waals surface area (Å²) in [6.45, 7) is 0. The molecular weight excluding hydrogens is 500 g/mol. The first-order chi connectivity index (χ1) is 17.2. The Bertz CT molecular complexity index is 1600. The summed E-state index contributed by atoms with van der Waals surface area (Å²) >= 11 is 0. The summed E-state index contributed by atoms with van der Waals surface area (Å²) in [6.07, 6.45) is 0. The second-order valence-corrected chi connectivity index (χ2v) is 12.1. The molecule has 0 bridgehead atoms. The quantitative estimate of drug-likeness (QED) is 0.335. The van der Waals surface area contributed by atoms with Crippen LogP contribution in [0.2, 0.25) is 0 Å². The van der Waals surface area contributed by atoms with Crippen molar-refractivity contribution in [3.05, 3.63) is 119 Å². The number of aromatic nitrogens is 2. The number of nitrogens with zero attached hydrogens (tertiary/aromatic N) is 2. The van der Waals surface area contributed by atoms with Crippen molar-refractivity contribution in [3.63, 3.8) is 0 Å². The van der Waals surface area contributed by atoms with Crippen molar-refractivity contribution < 1.29 is 26.4 Å². The Morgan fingerprint density at radius 1 is 0.500 bits per heavy atom. The van der Waals surface area contributed by atoms with Crippen LogP contribution in [-0.2, 0) is 31.2 Å². The van der Waals surface area contributed by atoms with E-state index in [4.69, 9.17) is 0 Å². The molecule has 10 heteroatoms. The number of rotatable bonds is 6. The van der Waals surface area contributed by atoms with Crippen LogP contribution in [0.5, 0.6) is 0 Å². The number of sulfone groups is 2. The number of carbonyl (C=O) groups excluding carboxylic acids is 2. The number of hydrogen-bond acceptors (Lipinski definition) is 8. The summed E-state index contributed by atoms with van der Waals surface area (Å²) in [5, 5.41) is 0. The molecule has 4 aromatic rings. The maximum absolute atomic E-state index is 13.1. The lowest BCUT2D eigenvalue weighted by Gasteiger charge is -2.19. The summed E-state index contributed by atoms with van der Waals surface area (Å²) < 4.78 is 52.5. The highest BCUT2D eigenvalue weighted by Crippen LogP contribution is 2.28. The van der Waals surface area contributed by atoms with E-state index in [0.717, 1.165) is 0 Å². The maximum Gasteiger partial charge on any atom is 0.214 e. The molecule has 1 heterocycles. The van der Waals surface area contributed by atoms with Gasteiger partial charge in [0.15, 0.2) is 19.7 Å². The van der Waals surface area contributed by atoms with Gasteiger partial charge in [0.25, 0.3) is 0 Å².